The van der Waals surface area contributed by atoms with Crippen LogP contribution < -0.4 is 5.32 Å². The van der Waals surface area contributed by atoms with Crippen LogP contribution in [0.25, 0.3) is 0 Å². The van der Waals surface area contributed by atoms with Crippen LogP contribution in [0.3, 0.4) is 0 Å². The number of nitrogens with one attached hydrogen (secondary N) is 1. The van der Waals surface area contributed by atoms with E-state index in [9.17, 15) is 4.79 Å². The molecule has 1 N–H and O–H groups in total. The second kappa shape index (κ2) is 8.07. The summed E-state index contributed by atoms with van der Waals surface area (Å²) < 4.78 is 6.10. The summed E-state index contributed by atoms with van der Waals surface area (Å²) in [5.41, 5.74) is 1.25. The highest BCUT2D eigenvalue weighted by Gasteiger charge is 2.38. The lowest BCUT2D eigenvalue weighted by atomic mass is 10.1. The Morgan fingerprint density at radius 1 is 1.23 bits per heavy atom. The highest BCUT2D eigenvalue weighted by Crippen LogP contribution is 2.30. The van der Waals surface area contributed by atoms with Crippen LogP contribution in [-0.4, -0.2) is 67.1 Å². The normalized spacial score (nSPS) is 29.8. The molecular weight excluding hydrogens is 326 g/mol. The summed E-state index contributed by atoms with van der Waals surface area (Å²) in [5, 5.41) is 3.27. The molecule has 1 amide bonds. The number of morpholine rings is 1. The van der Waals surface area contributed by atoms with Gasteiger partial charge in [0.1, 0.15) is 0 Å². The minimum atomic E-state index is 0.149. The van der Waals surface area contributed by atoms with Crippen molar-refractivity contribution in [3.63, 3.8) is 0 Å². The standard InChI is InChI=1S/C21H31N3O2/c1-23(18-9-5-6-10-18)14-21(25)22-17-11-19-15-26-20(13-24(19)12-17)16-7-3-2-4-8-16/h2-4,7-8,17-20H,5-6,9-15H2,1H3,(H,22,25)/t17-,19+,20-/m1/s1. The number of benzene rings is 1. The Kier molecular flexibility index (Phi) is 5.57. The highest BCUT2D eigenvalue weighted by atomic mass is 16.5. The zero-order valence-electron chi connectivity index (χ0n) is 15.8. The SMILES string of the molecule is CN(CC(=O)N[C@@H]1C[C@H]2CO[C@@H](c3ccccc3)CN2C1)C1CCCC1. The minimum absolute atomic E-state index is 0.149. The number of fused-ring (bicyclic) bond motifs is 1. The van der Waals surface area contributed by atoms with Gasteiger partial charge in [0, 0.05) is 31.2 Å². The molecule has 1 aromatic rings. The molecule has 1 saturated carbocycles. The smallest absolute Gasteiger partial charge is 0.234 e. The van der Waals surface area contributed by atoms with Gasteiger partial charge in [-0.05, 0) is 31.9 Å². The topological polar surface area (TPSA) is 44.8 Å². The lowest BCUT2D eigenvalue weighted by Crippen LogP contribution is -2.45. The number of likely N-dealkylation sites (N-methyl/N-ethyl adjacent to an activating group) is 1. The number of nitrogens with zero attached hydrogens (tertiary/aromatic N) is 2. The summed E-state index contributed by atoms with van der Waals surface area (Å²) in [6.07, 6.45) is 6.23. The molecule has 0 aromatic heterocycles. The average Bonchev–Trinajstić information content (AvgIpc) is 3.31. The van der Waals surface area contributed by atoms with Gasteiger partial charge in [-0.2, -0.15) is 0 Å². The number of ether oxygens (including phenoxy) is 1. The van der Waals surface area contributed by atoms with Crippen LogP contribution in [0.2, 0.25) is 0 Å². The average molecular weight is 357 g/mol. The Balaban J connectivity index is 1.26. The number of amides is 1. The van der Waals surface area contributed by atoms with Crippen molar-refractivity contribution in [3.05, 3.63) is 35.9 Å². The fraction of sp³-hybridized carbons (Fsp3) is 0.667. The summed E-state index contributed by atoms with van der Waals surface area (Å²) >= 11 is 0. The summed E-state index contributed by atoms with van der Waals surface area (Å²) in [5.74, 6) is 0.171. The Labute approximate surface area is 156 Å². The molecule has 1 aliphatic carbocycles. The Bertz CT molecular complexity index is 603. The Hall–Kier alpha value is -1.43. The number of hydrogen-bond donors (Lipinski definition) is 1. The molecule has 0 radical (unpaired) electrons. The second-order valence-electron chi connectivity index (χ2n) is 8.19. The molecule has 3 fully saturated rings. The van der Waals surface area contributed by atoms with Crippen LogP contribution in [0, 0.1) is 0 Å². The summed E-state index contributed by atoms with van der Waals surface area (Å²) in [7, 11) is 2.09. The summed E-state index contributed by atoms with van der Waals surface area (Å²) in [4.78, 5) is 17.2. The van der Waals surface area contributed by atoms with Crippen LogP contribution >= 0.6 is 0 Å². The number of carbonyl (C=O) groups excluding carboxylic acids is 1. The van der Waals surface area contributed by atoms with Crippen LogP contribution in [0.4, 0.5) is 0 Å². The van der Waals surface area contributed by atoms with Crippen molar-refractivity contribution in [2.24, 2.45) is 0 Å². The van der Waals surface area contributed by atoms with E-state index in [0.717, 1.165) is 26.1 Å². The molecule has 2 aliphatic heterocycles. The summed E-state index contributed by atoms with van der Waals surface area (Å²) in [6.45, 7) is 3.14. The number of hydrogen-bond acceptors (Lipinski definition) is 4. The fourth-order valence-corrected chi connectivity index (χ4v) is 4.82. The first-order chi connectivity index (χ1) is 12.7. The van der Waals surface area contributed by atoms with E-state index in [1.54, 1.807) is 0 Å². The van der Waals surface area contributed by atoms with Crippen LogP contribution in [-0.2, 0) is 9.53 Å². The first-order valence-corrected chi connectivity index (χ1v) is 10.1. The van der Waals surface area contributed by atoms with Gasteiger partial charge in [-0.3, -0.25) is 14.6 Å². The van der Waals surface area contributed by atoms with Gasteiger partial charge in [-0.15, -0.1) is 0 Å². The van der Waals surface area contributed by atoms with Gasteiger partial charge in [-0.1, -0.05) is 43.2 Å². The molecule has 26 heavy (non-hydrogen) atoms. The van der Waals surface area contributed by atoms with Crippen molar-refractivity contribution in [2.45, 2.75) is 56.3 Å². The van der Waals surface area contributed by atoms with Crippen molar-refractivity contribution in [2.75, 3.05) is 33.3 Å². The van der Waals surface area contributed by atoms with E-state index in [4.69, 9.17) is 4.74 Å². The molecule has 3 atom stereocenters. The van der Waals surface area contributed by atoms with Gasteiger partial charge >= 0.3 is 0 Å². The van der Waals surface area contributed by atoms with E-state index in [2.05, 4.69) is 46.4 Å². The van der Waals surface area contributed by atoms with Crippen molar-refractivity contribution in [3.8, 4) is 0 Å². The van der Waals surface area contributed by atoms with E-state index in [1.807, 2.05) is 6.07 Å². The van der Waals surface area contributed by atoms with Crippen molar-refractivity contribution < 1.29 is 9.53 Å². The maximum atomic E-state index is 12.5. The molecule has 0 bridgehead atoms. The van der Waals surface area contributed by atoms with Gasteiger partial charge in [0.05, 0.1) is 19.3 Å². The quantitative estimate of drug-likeness (QED) is 0.877. The zero-order valence-corrected chi connectivity index (χ0v) is 15.8. The van der Waals surface area contributed by atoms with Crippen LogP contribution in [0.5, 0.6) is 0 Å². The number of rotatable bonds is 5. The van der Waals surface area contributed by atoms with E-state index in [-0.39, 0.29) is 18.1 Å². The highest BCUT2D eigenvalue weighted by molar-refractivity contribution is 5.78. The third kappa shape index (κ3) is 4.11. The number of carbonyl (C=O) groups is 1. The molecule has 2 saturated heterocycles. The maximum absolute atomic E-state index is 12.5. The van der Waals surface area contributed by atoms with Crippen LogP contribution in [0.15, 0.2) is 30.3 Å². The van der Waals surface area contributed by atoms with Crippen molar-refractivity contribution in [1.29, 1.82) is 0 Å². The first-order valence-electron chi connectivity index (χ1n) is 10.1. The van der Waals surface area contributed by atoms with Crippen LogP contribution in [0.1, 0.15) is 43.8 Å². The van der Waals surface area contributed by atoms with Gasteiger partial charge in [0.2, 0.25) is 5.91 Å². The Morgan fingerprint density at radius 2 is 2.00 bits per heavy atom. The van der Waals surface area contributed by atoms with Gasteiger partial charge < -0.3 is 10.1 Å². The molecule has 2 heterocycles. The predicted octanol–water partition coefficient (Wildman–Crippen LogP) is 2.19. The molecule has 142 valence electrons. The van der Waals surface area contributed by atoms with E-state index in [0.29, 0.717) is 18.6 Å². The minimum Gasteiger partial charge on any atom is -0.371 e. The molecule has 5 nitrogen and oxygen atoms in total. The van der Waals surface area contributed by atoms with E-state index in [1.165, 1.54) is 31.2 Å². The summed E-state index contributed by atoms with van der Waals surface area (Å²) in [6, 6.07) is 11.7. The zero-order chi connectivity index (χ0) is 17.9. The molecule has 0 unspecified atom stereocenters. The van der Waals surface area contributed by atoms with Crippen molar-refractivity contribution >= 4 is 5.91 Å². The molecule has 5 heteroatoms. The fourth-order valence-electron chi connectivity index (χ4n) is 4.82. The van der Waals surface area contributed by atoms with Gasteiger partial charge in [-0.25, -0.2) is 0 Å². The molecule has 3 aliphatic rings. The lowest BCUT2D eigenvalue weighted by molar-refractivity contribution is -0.123. The maximum Gasteiger partial charge on any atom is 0.234 e. The molecule has 1 aromatic carbocycles. The molecular formula is C21H31N3O2. The predicted molar refractivity (Wildman–Crippen MR) is 102 cm³/mol. The third-order valence-corrected chi connectivity index (χ3v) is 6.30. The lowest BCUT2D eigenvalue weighted by Gasteiger charge is -2.35. The first kappa shape index (κ1) is 18.0. The van der Waals surface area contributed by atoms with Gasteiger partial charge in [0.25, 0.3) is 0 Å². The van der Waals surface area contributed by atoms with Crippen molar-refractivity contribution in [1.82, 2.24) is 15.1 Å². The third-order valence-electron chi connectivity index (χ3n) is 6.30. The molecule has 0 spiro atoms. The van der Waals surface area contributed by atoms with E-state index < -0.39 is 0 Å². The second-order valence-corrected chi connectivity index (χ2v) is 8.19. The Morgan fingerprint density at radius 3 is 2.77 bits per heavy atom. The monoisotopic (exact) mass is 357 g/mol. The van der Waals surface area contributed by atoms with E-state index >= 15 is 0 Å². The molecule has 4 rings (SSSR count). The van der Waals surface area contributed by atoms with Gasteiger partial charge in [0.15, 0.2) is 0 Å². The largest absolute Gasteiger partial charge is 0.371 e.